The molecule has 1 fully saturated rings. The van der Waals surface area contributed by atoms with Crippen LogP contribution in [0.3, 0.4) is 0 Å². The van der Waals surface area contributed by atoms with E-state index in [1.807, 2.05) is 30.5 Å². The molecule has 27 heavy (non-hydrogen) atoms. The van der Waals surface area contributed by atoms with Gasteiger partial charge in [0.2, 0.25) is 5.91 Å². The van der Waals surface area contributed by atoms with Crippen molar-refractivity contribution in [3.05, 3.63) is 66.4 Å². The van der Waals surface area contributed by atoms with Crippen LogP contribution in [0, 0.1) is 0 Å². The van der Waals surface area contributed by atoms with Crippen molar-refractivity contribution in [3.63, 3.8) is 0 Å². The number of hydrogen-bond donors (Lipinski definition) is 1. The molecule has 1 saturated heterocycles. The predicted octanol–water partition coefficient (Wildman–Crippen LogP) is 3.18. The van der Waals surface area contributed by atoms with E-state index < -0.39 is 0 Å². The lowest BCUT2D eigenvalue weighted by Gasteiger charge is -2.30. The highest BCUT2D eigenvalue weighted by molar-refractivity contribution is 5.80. The average molecular weight is 363 g/mol. The lowest BCUT2D eigenvalue weighted by molar-refractivity contribution is -0.121. The number of rotatable bonds is 6. The van der Waals surface area contributed by atoms with Gasteiger partial charge in [0, 0.05) is 50.0 Å². The van der Waals surface area contributed by atoms with E-state index in [4.69, 9.17) is 4.74 Å². The Hall–Kier alpha value is -2.79. The summed E-state index contributed by atoms with van der Waals surface area (Å²) in [7, 11) is 0. The number of aryl methyl sites for hydroxylation is 1. The number of aromatic nitrogens is 1. The highest BCUT2D eigenvalue weighted by Gasteiger charge is 2.14. The fourth-order valence-electron chi connectivity index (χ4n) is 3.61. The summed E-state index contributed by atoms with van der Waals surface area (Å²) in [4.78, 5) is 14.7. The molecule has 0 atom stereocenters. The summed E-state index contributed by atoms with van der Waals surface area (Å²) in [5, 5.41) is 4.28. The Morgan fingerprint density at radius 3 is 2.67 bits per heavy atom. The fraction of sp³-hybridized carbons (Fsp3) is 0.318. The number of morpholine rings is 1. The normalized spacial score (nSPS) is 14.4. The van der Waals surface area contributed by atoms with E-state index in [2.05, 4.69) is 45.1 Å². The minimum absolute atomic E-state index is 0.0737. The zero-order valence-electron chi connectivity index (χ0n) is 15.4. The molecule has 2 heterocycles. The van der Waals surface area contributed by atoms with Gasteiger partial charge in [-0.15, -0.1) is 0 Å². The predicted molar refractivity (Wildman–Crippen MR) is 108 cm³/mol. The Labute approximate surface area is 159 Å². The molecule has 2 aromatic carbocycles. The van der Waals surface area contributed by atoms with E-state index in [-0.39, 0.29) is 5.91 Å². The van der Waals surface area contributed by atoms with Crippen LogP contribution >= 0.6 is 0 Å². The number of amides is 1. The molecule has 4 rings (SSSR count). The van der Waals surface area contributed by atoms with Crippen molar-refractivity contribution in [2.45, 2.75) is 19.5 Å². The summed E-state index contributed by atoms with van der Waals surface area (Å²) >= 11 is 0. The van der Waals surface area contributed by atoms with Crippen molar-refractivity contribution in [2.24, 2.45) is 0 Å². The molecule has 1 amide bonds. The molecule has 0 spiro atoms. The van der Waals surface area contributed by atoms with Crippen molar-refractivity contribution in [2.75, 3.05) is 31.2 Å². The summed E-state index contributed by atoms with van der Waals surface area (Å²) in [5.74, 6) is 0.0737. The minimum Gasteiger partial charge on any atom is -0.378 e. The van der Waals surface area contributed by atoms with E-state index in [1.54, 1.807) is 0 Å². The second kappa shape index (κ2) is 8.27. The van der Waals surface area contributed by atoms with Gasteiger partial charge in [0.25, 0.3) is 0 Å². The SMILES string of the molecule is O=C(CCn1ccc2ccccc21)NCc1ccccc1N1CCOCC1. The number of para-hydroxylation sites is 2. The van der Waals surface area contributed by atoms with Gasteiger partial charge in [-0.3, -0.25) is 4.79 Å². The third-order valence-corrected chi connectivity index (χ3v) is 5.08. The maximum Gasteiger partial charge on any atom is 0.222 e. The molecule has 1 N–H and O–H groups in total. The maximum atomic E-state index is 12.4. The van der Waals surface area contributed by atoms with Crippen LogP contribution in [0.1, 0.15) is 12.0 Å². The Balaban J connectivity index is 1.34. The monoisotopic (exact) mass is 363 g/mol. The first-order valence-corrected chi connectivity index (χ1v) is 9.52. The smallest absolute Gasteiger partial charge is 0.222 e. The summed E-state index contributed by atoms with van der Waals surface area (Å²) in [5.41, 5.74) is 3.51. The van der Waals surface area contributed by atoms with Gasteiger partial charge in [0.05, 0.1) is 13.2 Å². The fourth-order valence-corrected chi connectivity index (χ4v) is 3.61. The molecule has 1 aliphatic rings. The van der Waals surface area contributed by atoms with Crippen LogP contribution in [-0.4, -0.2) is 36.8 Å². The van der Waals surface area contributed by atoms with Gasteiger partial charge in [-0.1, -0.05) is 36.4 Å². The van der Waals surface area contributed by atoms with Crippen LogP contribution < -0.4 is 10.2 Å². The van der Waals surface area contributed by atoms with Gasteiger partial charge >= 0.3 is 0 Å². The highest BCUT2D eigenvalue weighted by Crippen LogP contribution is 2.21. The first-order valence-electron chi connectivity index (χ1n) is 9.52. The molecule has 0 radical (unpaired) electrons. The van der Waals surface area contributed by atoms with Crippen molar-refractivity contribution >= 4 is 22.5 Å². The first kappa shape index (κ1) is 17.6. The van der Waals surface area contributed by atoms with Gasteiger partial charge in [-0.05, 0) is 29.1 Å². The number of fused-ring (bicyclic) bond motifs is 1. The average Bonchev–Trinajstić information content (AvgIpc) is 3.15. The van der Waals surface area contributed by atoms with Crippen LogP contribution in [0.15, 0.2) is 60.8 Å². The van der Waals surface area contributed by atoms with Gasteiger partial charge in [-0.25, -0.2) is 0 Å². The zero-order valence-corrected chi connectivity index (χ0v) is 15.4. The lowest BCUT2D eigenvalue weighted by atomic mass is 10.1. The third-order valence-electron chi connectivity index (χ3n) is 5.08. The lowest BCUT2D eigenvalue weighted by Crippen LogP contribution is -2.37. The number of hydrogen-bond acceptors (Lipinski definition) is 3. The molecule has 0 aliphatic carbocycles. The maximum absolute atomic E-state index is 12.4. The van der Waals surface area contributed by atoms with E-state index in [0.29, 0.717) is 19.5 Å². The molecule has 1 aliphatic heterocycles. The van der Waals surface area contributed by atoms with Gasteiger partial charge in [-0.2, -0.15) is 0 Å². The van der Waals surface area contributed by atoms with Crippen LogP contribution in [-0.2, 0) is 22.6 Å². The number of ether oxygens (including phenoxy) is 1. The Morgan fingerprint density at radius 2 is 1.78 bits per heavy atom. The van der Waals surface area contributed by atoms with Crippen LogP contribution in [0.2, 0.25) is 0 Å². The molecular formula is C22H25N3O2. The van der Waals surface area contributed by atoms with Crippen molar-refractivity contribution in [1.82, 2.24) is 9.88 Å². The van der Waals surface area contributed by atoms with E-state index in [0.717, 1.165) is 31.9 Å². The number of nitrogens with zero attached hydrogens (tertiary/aromatic N) is 2. The number of carbonyl (C=O) groups excluding carboxylic acids is 1. The van der Waals surface area contributed by atoms with Crippen LogP contribution in [0.25, 0.3) is 10.9 Å². The van der Waals surface area contributed by atoms with Crippen LogP contribution in [0.4, 0.5) is 5.69 Å². The van der Waals surface area contributed by atoms with Gasteiger partial charge in [0.1, 0.15) is 0 Å². The summed E-state index contributed by atoms with van der Waals surface area (Å²) in [6.07, 6.45) is 2.52. The first-order chi connectivity index (χ1) is 13.3. The molecular weight excluding hydrogens is 338 g/mol. The Kier molecular flexibility index (Phi) is 5.39. The second-order valence-corrected chi connectivity index (χ2v) is 6.82. The summed E-state index contributed by atoms with van der Waals surface area (Å²) < 4.78 is 7.58. The Bertz CT molecular complexity index is 913. The summed E-state index contributed by atoms with van der Waals surface area (Å²) in [6, 6.07) is 18.6. The third kappa shape index (κ3) is 4.14. The number of anilines is 1. The molecule has 5 nitrogen and oxygen atoms in total. The van der Waals surface area contributed by atoms with Crippen molar-refractivity contribution < 1.29 is 9.53 Å². The van der Waals surface area contributed by atoms with Crippen molar-refractivity contribution in [3.8, 4) is 0 Å². The highest BCUT2D eigenvalue weighted by atomic mass is 16.5. The number of benzene rings is 2. The Morgan fingerprint density at radius 1 is 1.00 bits per heavy atom. The molecule has 0 bridgehead atoms. The zero-order chi connectivity index (χ0) is 18.5. The number of nitrogens with one attached hydrogen (secondary N) is 1. The molecule has 0 saturated carbocycles. The topological polar surface area (TPSA) is 46.5 Å². The van der Waals surface area contributed by atoms with Gasteiger partial charge < -0.3 is 19.5 Å². The van der Waals surface area contributed by atoms with Crippen molar-refractivity contribution in [1.29, 1.82) is 0 Å². The quantitative estimate of drug-likeness (QED) is 0.732. The molecule has 5 heteroatoms. The standard InChI is InChI=1S/C22H25N3O2/c26-22(10-12-24-11-9-18-5-1-3-7-20(18)24)23-17-19-6-2-4-8-21(19)25-13-15-27-16-14-25/h1-9,11H,10,12-17H2,(H,23,26). The van der Waals surface area contributed by atoms with Crippen LogP contribution in [0.5, 0.6) is 0 Å². The minimum atomic E-state index is 0.0737. The second-order valence-electron chi connectivity index (χ2n) is 6.82. The van der Waals surface area contributed by atoms with Gasteiger partial charge in [0.15, 0.2) is 0 Å². The molecule has 1 aromatic heterocycles. The molecule has 0 unspecified atom stereocenters. The van der Waals surface area contributed by atoms with E-state index in [9.17, 15) is 4.79 Å². The molecule has 3 aromatic rings. The molecule has 140 valence electrons. The largest absolute Gasteiger partial charge is 0.378 e. The van der Waals surface area contributed by atoms with E-state index >= 15 is 0 Å². The summed E-state index contributed by atoms with van der Waals surface area (Å²) in [6.45, 7) is 4.54. The van der Waals surface area contributed by atoms with E-state index in [1.165, 1.54) is 16.6 Å². The number of carbonyl (C=O) groups is 1.